The molecular weight excluding hydrogens is 504 g/mol. The van der Waals surface area contributed by atoms with Crippen molar-refractivity contribution in [3.05, 3.63) is 81.8 Å². The lowest BCUT2D eigenvalue weighted by molar-refractivity contribution is 0.102. The zero-order valence-corrected chi connectivity index (χ0v) is 21.2. The number of amides is 1. The molecule has 3 aromatic rings. The first-order valence-electron chi connectivity index (χ1n) is 10.6. The number of sulfonamides is 1. The monoisotopic (exact) mass is 530 g/mol. The molecule has 0 bridgehead atoms. The van der Waals surface area contributed by atoms with E-state index in [1.165, 1.54) is 12.1 Å². The Balaban J connectivity index is 1.76. The van der Waals surface area contributed by atoms with E-state index in [0.29, 0.717) is 29.3 Å². The van der Waals surface area contributed by atoms with Crippen molar-refractivity contribution in [1.29, 1.82) is 0 Å². The largest absolute Gasteiger partial charge is 0.493 e. The van der Waals surface area contributed by atoms with Gasteiger partial charge in [0.2, 0.25) is 0 Å². The number of ether oxygens (including phenoxy) is 1. The van der Waals surface area contributed by atoms with Gasteiger partial charge in [0.1, 0.15) is 5.75 Å². The van der Waals surface area contributed by atoms with Crippen LogP contribution >= 0.6 is 15.9 Å². The van der Waals surface area contributed by atoms with Crippen molar-refractivity contribution in [1.82, 2.24) is 0 Å². The zero-order valence-electron chi connectivity index (χ0n) is 18.8. The van der Waals surface area contributed by atoms with Crippen LogP contribution in [0.3, 0.4) is 0 Å². The quantitative estimate of drug-likeness (QED) is 0.318. The van der Waals surface area contributed by atoms with Crippen LogP contribution in [0.1, 0.15) is 41.3 Å². The van der Waals surface area contributed by atoms with E-state index in [1.54, 1.807) is 24.3 Å². The molecule has 0 saturated heterocycles. The lowest BCUT2D eigenvalue weighted by Gasteiger charge is -2.14. The van der Waals surface area contributed by atoms with Gasteiger partial charge in [-0.15, -0.1) is 0 Å². The number of nitrogens with one attached hydrogen (secondary N) is 2. The first-order chi connectivity index (χ1) is 15.7. The molecule has 0 aliphatic carbocycles. The maximum atomic E-state index is 12.9. The fourth-order valence-corrected chi connectivity index (χ4v) is 4.78. The maximum absolute atomic E-state index is 12.9. The van der Waals surface area contributed by atoms with Gasteiger partial charge in [-0.3, -0.25) is 9.52 Å². The molecule has 0 heterocycles. The molecule has 0 radical (unpaired) electrons. The number of para-hydroxylation sites is 1. The highest BCUT2D eigenvalue weighted by Crippen LogP contribution is 2.26. The van der Waals surface area contributed by atoms with Crippen molar-refractivity contribution < 1.29 is 17.9 Å². The standard InChI is InChI=1S/C25H27BrN2O4S/c1-4-5-15-32-23-14-9-19(26)16-22(23)25(29)27-20-10-12-21(13-11-20)33(30,31)28-24-17(2)7-6-8-18(24)3/h6-14,16,28H,4-5,15H2,1-3H3,(H,27,29). The molecule has 0 aliphatic heterocycles. The second-order valence-corrected chi connectivity index (χ2v) is 10.3. The maximum Gasteiger partial charge on any atom is 0.261 e. The Hall–Kier alpha value is -2.84. The van der Waals surface area contributed by atoms with Gasteiger partial charge in [-0.2, -0.15) is 0 Å². The molecule has 8 heteroatoms. The van der Waals surface area contributed by atoms with Gasteiger partial charge in [0, 0.05) is 10.2 Å². The average molecular weight is 531 g/mol. The number of benzene rings is 3. The summed E-state index contributed by atoms with van der Waals surface area (Å²) >= 11 is 3.39. The van der Waals surface area contributed by atoms with E-state index in [2.05, 4.69) is 32.9 Å². The minimum Gasteiger partial charge on any atom is -0.493 e. The highest BCUT2D eigenvalue weighted by atomic mass is 79.9. The Bertz CT molecular complexity index is 1220. The molecule has 2 N–H and O–H groups in total. The Kier molecular flexibility index (Phi) is 8.15. The lowest BCUT2D eigenvalue weighted by atomic mass is 10.1. The predicted octanol–water partition coefficient (Wildman–Crippen LogP) is 6.30. The molecule has 33 heavy (non-hydrogen) atoms. The van der Waals surface area contributed by atoms with Crippen LogP contribution in [-0.2, 0) is 10.0 Å². The van der Waals surface area contributed by atoms with Crippen LogP contribution in [-0.4, -0.2) is 20.9 Å². The van der Waals surface area contributed by atoms with Gasteiger partial charge in [-0.1, -0.05) is 47.5 Å². The third kappa shape index (κ3) is 6.36. The number of carbonyl (C=O) groups is 1. The molecular formula is C25H27BrN2O4S. The average Bonchev–Trinajstić information content (AvgIpc) is 2.78. The first kappa shape index (κ1) is 24.8. The lowest BCUT2D eigenvalue weighted by Crippen LogP contribution is -2.16. The molecule has 3 rings (SSSR count). The van der Waals surface area contributed by atoms with Crippen molar-refractivity contribution in [2.45, 2.75) is 38.5 Å². The van der Waals surface area contributed by atoms with Crippen molar-refractivity contribution >= 4 is 43.2 Å². The zero-order chi connectivity index (χ0) is 24.0. The second-order valence-electron chi connectivity index (χ2n) is 7.69. The van der Waals surface area contributed by atoms with Crippen LogP contribution in [0.5, 0.6) is 5.75 Å². The first-order valence-corrected chi connectivity index (χ1v) is 12.9. The molecule has 0 fully saturated rings. The van der Waals surface area contributed by atoms with Gasteiger partial charge in [0.15, 0.2) is 0 Å². The number of rotatable bonds is 9. The van der Waals surface area contributed by atoms with Crippen molar-refractivity contribution in [2.75, 3.05) is 16.6 Å². The van der Waals surface area contributed by atoms with Gasteiger partial charge in [0.25, 0.3) is 15.9 Å². The summed E-state index contributed by atoms with van der Waals surface area (Å²) < 4.78 is 34.9. The van der Waals surface area contributed by atoms with Gasteiger partial charge in [-0.05, 0) is 73.9 Å². The normalized spacial score (nSPS) is 11.2. The van der Waals surface area contributed by atoms with Crippen LogP contribution in [0.2, 0.25) is 0 Å². The topological polar surface area (TPSA) is 84.5 Å². The summed E-state index contributed by atoms with van der Waals surface area (Å²) in [5.74, 6) is 0.160. The van der Waals surface area contributed by atoms with E-state index in [9.17, 15) is 13.2 Å². The minimum atomic E-state index is -3.77. The summed E-state index contributed by atoms with van der Waals surface area (Å²) in [4.78, 5) is 13.0. The van der Waals surface area contributed by atoms with E-state index in [-0.39, 0.29) is 10.8 Å². The SMILES string of the molecule is CCCCOc1ccc(Br)cc1C(=O)Nc1ccc(S(=O)(=O)Nc2c(C)cccc2C)cc1. The van der Waals surface area contributed by atoms with Gasteiger partial charge >= 0.3 is 0 Å². The number of hydrogen-bond acceptors (Lipinski definition) is 4. The van der Waals surface area contributed by atoms with E-state index >= 15 is 0 Å². The summed E-state index contributed by atoms with van der Waals surface area (Å²) in [6, 6.07) is 16.9. The Morgan fingerprint density at radius 3 is 2.30 bits per heavy atom. The number of hydrogen-bond donors (Lipinski definition) is 2. The molecule has 0 unspecified atom stereocenters. The molecule has 0 atom stereocenters. The smallest absolute Gasteiger partial charge is 0.261 e. The number of halogens is 1. The number of carbonyl (C=O) groups excluding carboxylic acids is 1. The summed E-state index contributed by atoms with van der Waals surface area (Å²) in [5.41, 5.74) is 3.13. The highest BCUT2D eigenvalue weighted by molar-refractivity contribution is 9.10. The van der Waals surface area contributed by atoms with Crippen molar-refractivity contribution in [3.63, 3.8) is 0 Å². The molecule has 174 valence electrons. The van der Waals surface area contributed by atoms with Gasteiger partial charge in [0.05, 0.1) is 22.8 Å². The van der Waals surface area contributed by atoms with E-state index in [4.69, 9.17) is 4.74 Å². The minimum absolute atomic E-state index is 0.106. The summed E-state index contributed by atoms with van der Waals surface area (Å²) in [5, 5.41) is 2.81. The fraction of sp³-hybridized carbons (Fsp3) is 0.240. The van der Waals surface area contributed by atoms with Crippen LogP contribution < -0.4 is 14.8 Å². The third-order valence-electron chi connectivity index (χ3n) is 5.08. The molecule has 6 nitrogen and oxygen atoms in total. The van der Waals surface area contributed by atoms with Crippen LogP contribution in [0.15, 0.2) is 70.0 Å². The van der Waals surface area contributed by atoms with Crippen LogP contribution in [0.25, 0.3) is 0 Å². The van der Waals surface area contributed by atoms with Crippen molar-refractivity contribution in [2.24, 2.45) is 0 Å². The fourth-order valence-electron chi connectivity index (χ4n) is 3.22. The number of unbranched alkanes of at least 4 members (excludes halogenated alkanes) is 1. The Morgan fingerprint density at radius 2 is 1.67 bits per heavy atom. The van der Waals surface area contributed by atoms with Crippen molar-refractivity contribution in [3.8, 4) is 5.75 Å². The second kappa shape index (κ2) is 10.9. The highest BCUT2D eigenvalue weighted by Gasteiger charge is 2.18. The molecule has 0 spiro atoms. The molecule has 1 amide bonds. The molecule has 0 aromatic heterocycles. The van der Waals surface area contributed by atoms with E-state index in [1.807, 2.05) is 38.1 Å². The number of aryl methyl sites for hydroxylation is 2. The summed E-state index contributed by atoms with van der Waals surface area (Å²) in [7, 11) is -3.77. The van der Waals surface area contributed by atoms with Gasteiger partial charge < -0.3 is 10.1 Å². The molecule has 0 aliphatic rings. The molecule has 0 saturated carbocycles. The third-order valence-corrected chi connectivity index (χ3v) is 6.94. The number of anilines is 2. The van der Waals surface area contributed by atoms with Crippen LogP contribution in [0.4, 0.5) is 11.4 Å². The van der Waals surface area contributed by atoms with Gasteiger partial charge in [-0.25, -0.2) is 8.42 Å². The molecule has 3 aromatic carbocycles. The van der Waals surface area contributed by atoms with E-state index in [0.717, 1.165) is 28.4 Å². The summed E-state index contributed by atoms with van der Waals surface area (Å²) in [6.45, 7) is 6.30. The summed E-state index contributed by atoms with van der Waals surface area (Å²) in [6.07, 6.45) is 1.88. The predicted molar refractivity (Wildman–Crippen MR) is 136 cm³/mol. The Morgan fingerprint density at radius 1 is 1.00 bits per heavy atom. The van der Waals surface area contributed by atoms with E-state index < -0.39 is 10.0 Å². The Labute approximate surface area is 203 Å². The van der Waals surface area contributed by atoms with Crippen LogP contribution in [0, 0.1) is 13.8 Å².